The monoisotopic (exact) mass is 465 g/mol. The van der Waals surface area contributed by atoms with E-state index in [4.69, 9.17) is 4.74 Å². The molecule has 1 aromatic carbocycles. The zero-order chi connectivity index (χ0) is 24.0. The Bertz CT molecular complexity index is 1270. The molecule has 2 aliphatic rings. The summed E-state index contributed by atoms with van der Waals surface area (Å²) < 4.78 is 20.2. The van der Waals surface area contributed by atoms with E-state index >= 15 is 0 Å². The van der Waals surface area contributed by atoms with E-state index in [0.717, 1.165) is 12.8 Å². The molecule has 178 valence electrons. The summed E-state index contributed by atoms with van der Waals surface area (Å²) in [6, 6.07) is 4.32. The number of nitrogens with zero attached hydrogens (tertiary/aromatic N) is 3. The molecule has 0 radical (unpaired) electrons. The third-order valence-electron chi connectivity index (χ3n) is 6.68. The smallest absolute Gasteiger partial charge is 0.255 e. The summed E-state index contributed by atoms with van der Waals surface area (Å²) >= 11 is 0. The summed E-state index contributed by atoms with van der Waals surface area (Å²) in [5.74, 6) is 0.437. The minimum atomic E-state index is -0.396. The number of hydrogen-bond acceptors (Lipinski definition) is 5. The van der Waals surface area contributed by atoms with Crippen LogP contribution in [0.25, 0.3) is 22.3 Å². The molecule has 2 amide bonds. The highest BCUT2D eigenvalue weighted by molar-refractivity contribution is 6.09. The van der Waals surface area contributed by atoms with Crippen LogP contribution in [0.3, 0.4) is 0 Å². The normalized spacial score (nSPS) is 20.1. The van der Waals surface area contributed by atoms with Crippen molar-refractivity contribution < 1.29 is 18.7 Å². The topological polar surface area (TPSA) is 100 Å². The van der Waals surface area contributed by atoms with E-state index in [1.807, 2.05) is 6.92 Å². The zero-order valence-electron chi connectivity index (χ0n) is 19.5. The minimum Gasteiger partial charge on any atom is -0.493 e. The number of carbonyl (C=O) groups excluding carboxylic acids is 2. The summed E-state index contributed by atoms with van der Waals surface area (Å²) in [5.41, 5.74) is 3.08. The molecule has 1 saturated heterocycles. The second-order valence-corrected chi connectivity index (χ2v) is 9.39. The van der Waals surface area contributed by atoms with Crippen molar-refractivity contribution in [3.8, 4) is 17.0 Å². The zero-order valence-corrected chi connectivity index (χ0v) is 19.5. The number of amides is 2. The van der Waals surface area contributed by atoms with Gasteiger partial charge in [0.1, 0.15) is 29.1 Å². The molecule has 1 saturated carbocycles. The van der Waals surface area contributed by atoms with Crippen LogP contribution >= 0.6 is 0 Å². The van der Waals surface area contributed by atoms with Gasteiger partial charge in [0.25, 0.3) is 5.91 Å². The Morgan fingerprint density at radius 2 is 2.09 bits per heavy atom. The van der Waals surface area contributed by atoms with Gasteiger partial charge < -0.3 is 19.9 Å². The molecule has 0 unspecified atom stereocenters. The van der Waals surface area contributed by atoms with Gasteiger partial charge in [-0.2, -0.15) is 0 Å². The van der Waals surface area contributed by atoms with Crippen LogP contribution in [0.4, 0.5) is 4.39 Å². The first kappa shape index (κ1) is 22.3. The molecule has 1 aliphatic carbocycles. The Kier molecular flexibility index (Phi) is 5.71. The lowest BCUT2D eigenvalue weighted by atomic mass is 10.1. The van der Waals surface area contributed by atoms with Crippen molar-refractivity contribution in [1.82, 2.24) is 25.2 Å². The summed E-state index contributed by atoms with van der Waals surface area (Å²) in [5, 5.41) is 3.05. The third kappa shape index (κ3) is 4.22. The predicted molar refractivity (Wildman–Crippen MR) is 125 cm³/mol. The Morgan fingerprint density at radius 1 is 1.29 bits per heavy atom. The fourth-order valence-corrected chi connectivity index (χ4v) is 4.74. The van der Waals surface area contributed by atoms with Gasteiger partial charge in [-0.3, -0.25) is 9.59 Å². The number of ether oxygens (including phenoxy) is 1. The fraction of sp³-hybridized carbons (Fsp3) is 0.440. The van der Waals surface area contributed by atoms with Gasteiger partial charge in [0.15, 0.2) is 0 Å². The molecule has 8 nitrogen and oxygen atoms in total. The largest absolute Gasteiger partial charge is 0.493 e. The molecule has 34 heavy (non-hydrogen) atoms. The van der Waals surface area contributed by atoms with Crippen LogP contribution in [0.15, 0.2) is 24.5 Å². The Morgan fingerprint density at radius 3 is 2.79 bits per heavy atom. The first-order valence-electron chi connectivity index (χ1n) is 11.7. The maximum atomic E-state index is 14.2. The molecule has 5 rings (SSSR count). The third-order valence-corrected chi connectivity index (χ3v) is 6.68. The summed E-state index contributed by atoms with van der Waals surface area (Å²) in [6.07, 6.45) is 4.36. The average molecular weight is 466 g/mol. The quantitative estimate of drug-likeness (QED) is 0.579. The number of carbonyl (C=O) groups is 2. The Balaban J connectivity index is 1.47. The second-order valence-electron chi connectivity index (χ2n) is 9.39. The van der Waals surface area contributed by atoms with Gasteiger partial charge in [0, 0.05) is 36.8 Å². The number of halogens is 1. The number of likely N-dealkylation sites (tertiary alicyclic amines) is 1. The minimum absolute atomic E-state index is 0.000270. The maximum absolute atomic E-state index is 14.2. The summed E-state index contributed by atoms with van der Waals surface area (Å²) in [7, 11) is 0. The van der Waals surface area contributed by atoms with Gasteiger partial charge in [-0.05, 0) is 57.2 Å². The SMILES string of the molecule is CC(=O)N1C[C@H](NC(=O)c2c(C)[nH]c3c(-c4cc(F)ccc4OCC4CC4)ncnc23)C[C@H]1C. The molecule has 9 heteroatoms. The van der Waals surface area contributed by atoms with Crippen LogP contribution < -0.4 is 10.1 Å². The highest BCUT2D eigenvalue weighted by Crippen LogP contribution is 2.36. The number of aromatic amines is 1. The van der Waals surface area contributed by atoms with Gasteiger partial charge in [-0.15, -0.1) is 0 Å². The van der Waals surface area contributed by atoms with Crippen molar-refractivity contribution in [1.29, 1.82) is 0 Å². The van der Waals surface area contributed by atoms with Crippen LogP contribution in [-0.4, -0.2) is 56.9 Å². The number of aryl methyl sites for hydroxylation is 1. The van der Waals surface area contributed by atoms with Crippen LogP contribution in [-0.2, 0) is 4.79 Å². The highest BCUT2D eigenvalue weighted by Gasteiger charge is 2.33. The van der Waals surface area contributed by atoms with Crippen molar-refractivity contribution in [2.45, 2.75) is 52.1 Å². The van der Waals surface area contributed by atoms with Crippen LogP contribution in [0, 0.1) is 18.7 Å². The lowest BCUT2D eigenvalue weighted by Crippen LogP contribution is -2.38. The number of rotatable bonds is 6. The summed E-state index contributed by atoms with van der Waals surface area (Å²) in [4.78, 5) is 38.8. The molecule has 0 bridgehead atoms. The molecule has 1 aliphatic heterocycles. The van der Waals surface area contributed by atoms with Gasteiger partial charge >= 0.3 is 0 Å². The van der Waals surface area contributed by atoms with Gasteiger partial charge in [0.2, 0.25) is 5.91 Å². The van der Waals surface area contributed by atoms with E-state index in [1.54, 1.807) is 17.9 Å². The molecular formula is C25H28FN5O3. The van der Waals surface area contributed by atoms with Crippen LogP contribution in [0.2, 0.25) is 0 Å². The summed E-state index contributed by atoms with van der Waals surface area (Å²) in [6.45, 7) is 6.38. The standard InChI is InChI=1S/C25H28FN5O3/c1-13-8-18(10-31(13)15(3)32)30-25(33)21-14(2)29-24-22(27-12-28-23(21)24)19-9-17(26)6-7-20(19)34-11-16-4-5-16/h6-7,9,12-13,16,18,29H,4-5,8,10-11H2,1-3H3,(H,30,33)/t13-,18-/m1/s1. The number of aromatic nitrogens is 3. The highest BCUT2D eigenvalue weighted by atomic mass is 19.1. The maximum Gasteiger partial charge on any atom is 0.255 e. The first-order chi connectivity index (χ1) is 16.3. The molecule has 0 spiro atoms. The Labute approximate surface area is 196 Å². The second kappa shape index (κ2) is 8.70. The number of nitrogens with one attached hydrogen (secondary N) is 2. The van der Waals surface area contributed by atoms with E-state index in [1.165, 1.54) is 25.4 Å². The average Bonchev–Trinajstić information content (AvgIpc) is 3.45. The van der Waals surface area contributed by atoms with E-state index in [9.17, 15) is 14.0 Å². The lowest BCUT2D eigenvalue weighted by molar-refractivity contribution is -0.129. The number of fused-ring (bicyclic) bond motifs is 1. The van der Waals surface area contributed by atoms with Gasteiger partial charge in [0.05, 0.1) is 17.7 Å². The molecule has 3 heterocycles. The van der Waals surface area contributed by atoms with Crippen molar-refractivity contribution in [3.05, 3.63) is 41.6 Å². The Hall–Kier alpha value is -3.49. The van der Waals surface area contributed by atoms with Crippen LogP contribution in [0.1, 0.15) is 49.2 Å². The van der Waals surface area contributed by atoms with Crippen LogP contribution in [0.5, 0.6) is 5.75 Å². The van der Waals surface area contributed by atoms with E-state index in [-0.39, 0.29) is 23.9 Å². The number of benzene rings is 1. The molecule has 2 fully saturated rings. The molecule has 2 atom stereocenters. The number of H-pyrrole nitrogens is 1. The molecule has 3 aromatic rings. The fourth-order valence-electron chi connectivity index (χ4n) is 4.74. The van der Waals surface area contributed by atoms with Gasteiger partial charge in [-0.1, -0.05) is 0 Å². The first-order valence-corrected chi connectivity index (χ1v) is 11.7. The van der Waals surface area contributed by atoms with Crippen molar-refractivity contribution in [3.63, 3.8) is 0 Å². The molecule has 2 N–H and O–H groups in total. The van der Waals surface area contributed by atoms with E-state index in [2.05, 4.69) is 20.3 Å². The predicted octanol–water partition coefficient (Wildman–Crippen LogP) is 3.60. The van der Waals surface area contributed by atoms with E-state index < -0.39 is 5.82 Å². The van der Waals surface area contributed by atoms with Crippen molar-refractivity contribution in [2.75, 3.05) is 13.2 Å². The lowest BCUT2D eigenvalue weighted by Gasteiger charge is -2.18. The molecule has 2 aromatic heterocycles. The van der Waals surface area contributed by atoms with Gasteiger partial charge in [-0.25, -0.2) is 14.4 Å². The van der Waals surface area contributed by atoms with Crippen molar-refractivity contribution >= 4 is 22.8 Å². The van der Waals surface area contributed by atoms with E-state index in [0.29, 0.717) is 64.8 Å². The number of hydrogen-bond donors (Lipinski definition) is 2. The molecular weight excluding hydrogens is 437 g/mol. The van der Waals surface area contributed by atoms with Crippen molar-refractivity contribution in [2.24, 2.45) is 5.92 Å².